The highest BCUT2D eigenvalue weighted by Crippen LogP contribution is 2.23. The van der Waals surface area contributed by atoms with Gasteiger partial charge in [-0.2, -0.15) is 0 Å². The van der Waals surface area contributed by atoms with Crippen LogP contribution in [0.25, 0.3) is 0 Å². The van der Waals surface area contributed by atoms with Gasteiger partial charge in [0, 0.05) is 17.3 Å². The molecule has 2 rings (SSSR count). The van der Waals surface area contributed by atoms with Crippen molar-refractivity contribution in [3.05, 3.63) is 30.3 Å². The normalized spacial score (nSPS) is 22.0. The molecule has 70 valence electrons. The molecule has 1 aromatic carbocycles. The van der Waals surface area contributed by atoms with Crippen LogP contribution < -0.4 is 0 Å². The van der Waals surface area contributed by atoms with Crippen LogP contribution in [-0.2, 0) is 4.74 Å². The van der Waals surface area contributed by atoms with Crippen LogP contribution >= 0.6 is 11.8 Å². The van der Waals surface area contributed by atoms with Crippen LogP contribution in [0.2, 0.25) is 0 Å². The molecule has 0 aliphatic carbocycles. The minimum atomic E-state index is 0.491. The van der Waals surface area contributed by atoms with Crippen LogP contribution in [0, 0.1) is 0 Å². The fourth-order valence-corrected chi connectivity index (χ4v) is 2.47. The van der Waals surface area contributed by atoms with Gasteiger partial charge in [-0.3, -0.25) is 0 Å². The lowest BCUT2D eigenvalue weighted by molar-refractivity contribution is 0.129. The van der Waals surface area contributed by atoms with E-state index in [4.69, 9.17) is 4.74 Å². The van der Waals surface area contributed by atoms with E-state index >= 15 is 0 Å². The van der Waals surface area contributed by atoms with Crippen molar-refractivity contribution in [2.75, 3.05) is 12.4 Å². The van der Waals surface area contributed by atoms with Gasteiger partial charge in [-0.05, 0) is 25.0 Å². The first kappa shape index (κ1) is 9.10. The highest BCUT2D eigenvalue weighted by atomic mass is 32.2. The first-order valence-electron chi connectivity index (χ1n) is 4.74. The molecule has 0 N–H and O–H groups in total. The van der Waals surface area contributed by atoms with Gasteiger partial charge in [-0.1, -0.05) is 18.2 Å². The van der Waals surface area contributed by atoms with E-state index < -0.39 is 0 Å². The summed E-state index contributed by atoms with van der Waals surface area (Å²) in [6.07, 6.45) is 2.96. The van der Waals surface area contributed by atoms with Gasteiger partial charge in [-0.15, -0.1) is 11.8 Å². The van der Waals surface area contributed by atoms with Gasteiger partial charge in [-0.25, -0.2) is 0 Å². The third-order valence-electron chi connectivity index (χ3n) is 2.20. The number of rotatable bonds is 3. The molecule has 0 saturated carbocycles. The van der Waals surface area contributed by atoms with Gasteiger partial charge in [0.05, 0.1) is 6.10 Å². The Bertz CT molecular complexity index is 242. The summed E-state index contributed by atoms with van der Waals surface area (Å²) in [4.78, 5) is 1.35. The van der Waals surface area contributed by atoms with E-state index in [0.29, 0.717) is 6.10 Å². The second kappa shape index (κ2) is 4.68. The predicted molar refractivity (Wildman–Crippen MR) is 56.1 cm³/mol. The molecule has 13 heavy (non-hydrogen) atoms. The fourth-order valence-electron chi connectivity index (χ4n) is 1.48. The van der Waals surface area contributed by atoms with E-state index in [1.165, 1.54) is 17.7 Å². The first-order chi connectivity index (χ1) is 6.45. The summed E-state index contributed by atoms with van der Waals surface area (Å²) in [7, 11) is 0. The molecular weight excluding hydrogens is 180 g/mol. The summed E-state index contributed by atoms with van der Waals surface area (Å²) >= 11 is 1.89. The molecule has 1 atom stereocenters. The zero-order valence-electron chi connectivity index (χ0n) is 7.61. The minimum absolute atomic E-state index is 0.491. The summed E-state index contributed by atoms with van der Waals surface area (Å²) in [6, 6.07) is 10.5. The van der Waals surface area contributed by atoms with Gasteiger partial charge in [0.25, 0.3) is 0 Å². The summed E-state index contributed by atoms with van der Waals surface area (Å²) in [5.74, 6) is 1.10. The Morgan fingerprint density at radius 1 is 1.31 bits per heavy atom. The minimum Gasteiger partial charge on any atom is -0.377 e. The lowest BCUT2D eigenvalue weighted by Gasteiger charge is -2.07. The van der Waals surface area contributed by atoms with Gasteiger partial charge in [0.2, 0.25) is 0 Å². The largest absolute Gasteiger partial charge is 0.377 e. The second-order valence-corrected chi connectivity index (χ2v) is 4.35. The standard InChI is InChI=1S/C11H14OS/c1-2-6-11(7-3-1)13-9-10-5-4-8-12-10/h1-3,6-7,10H,4-5,8-9H2/t10-/m1/s1. The van der Waals surface area contributed by atoms with Crippen LogP contribution in [0.5, 0.6) is 0 Å². The van der Waals surface area contributed by atoms with Crippen LogP contribution in [0.3, 0.4) is 0 Å². The van der Waals surface area contributed by atoms with E-state index in [1.807, 2.05) is 11.8 Å². The van der Waals surface area contributed by atoms with Crippen molar-refractivity contribution in [2.24, 2.45) is 0 Å². The molecular formula is C11H14OS. The summed E-state index contributed by atoms with van der Waals surface area (Å²) in [6.45, 7) is 0.958. The fraction of sp³-hybridized carbons (Fsp3) is 0.455. The summed E-state index contributed by atoms with van der Waals surface area (Å²) in [5, 5.41) is 0. The molecule has 1 aliphatic heterocycles. The van der Waals surface area contributed by atoms with Gasteiger partial charge < -0.3 is 4.74 Å². The van der Waals surface area contributed by atoms with Gasteiger partial charge >= 0.3 is 0 Å². The van der Waals surface area contributed by atoms with E-state index in [9.17, 15) is 0 Å². The smallest absolute Gasteiger partial charge is 0.0669 e. The van der Waals surface area contributed by atoms with Gasteiger partial charge in [0.15, 0.2) is 0 Å². The molecule has 0 spiro atoms. The molecule has 1 aromatic rings. The predicted octanol–water partition coefficient (Wildman–Crippen LogP) is 2.96. The Labute approximate surface area is 83.5 Å². The van der Waals surface area contributed by atoms with Crippen LogP contribution in [0.4, 0.5) is 0 Å². The highest BCUT2D eigenvalue weighted by Gasteiger charge is 2.14. The molecule has 0 unspecified atom stereocenters. The molecule has 0 amide bonds. The highest BCUT2D eigenvalue weighted by molar-refractivity contribution is 7.99. The number of hydrogen-bond donors (Lipinski definition) is 0. The van der Waals surface area contributed by atoms with Crippen molar-refractivity contribution < 1.29 is 4.74 Å². The van der Waals surface area contributed by atoms with Crippen molar-refractivity contribution in [1.29, 1.82) is 0 Å². The van der Waals surface area contributed by atoms with Gasteiger partial charge in [0.1, 0.15) is 0 Å². The monoisotopic (exact) mass is 194 g/mol. The Kier molecular flexibility index (Phi) is 3.27. The Morgan fingerprint density at radius 3 is 2.85 bits per heavy atom. The molecule has 1 aliphatic rings. The maximum absolute atomic E-state index is 5.55. The second-order valence-electron chi connectivity index (χ2n) is 3.26. The summed E-state index contributed by atoms with van der Waals surface area (Å²) < 4.78 is 5.55. The maximum Gasteiger partial charge on any atom is 0.0669 e. The third-order valence-corrected chi connectivity index (χ3v) is 3.35. The molecule has 1 heterocycles. The molecule has 0 radical (unpaired) electrons. The topological polar surface area (TPSA) is 9.23 Å². The molecule has 1 nitrogen and oxygen atoms in total. The lowest BCUT2D eigenvalue weighted by Crippen LogP contribution is -2.07. The van der Waals surface area contributed by atoms with E-state index in [0.717, 1.165) is 12.4 Å². The van der Waals surface area contributed by atoms with E-state index in [-0.39, 0.29) is 0 Å². The zero-order valence-corrected chi connectivity index (χ0v) is 8.43. The first-order valence-corrected chi connectivity index (χ1v) is 5.73. The third kappa shape index (κ3) is 2.75. The van der Waals surface area contributed by atoms with Crippen LogP contribution in [0.15, 0.2) is 35.2 Å². The van der Waals surface area contributed by atoms with Crippen molar-refractivity contribution in [1.82, 2.24) is 0 Å². The van der Waals surface area contributed by atoms with Crippen LogP contribution in [0.1, 0.15) is 12.8 Å². The number of thioether (sulfide) groups is 1. The Hall–Kier alpha value is -0.470. The summed E-state index contributed by atoms with van der Waals surface area (Å²) in [5.41, 5.74) is 0. The van der Waals surface area contributed by atoms with E-state index in [2.05, 4.69) is 30.3 Å². The zero-order chi connectivity index (χ0) is 8.93. The van der Waals surface area contributed by atoms with Crippen LogP contribution in [-0.4, -0.2) is 18.5 Å². The van der Waals surface area contributed by atoms with E-state index in [1.54, 1.807) is 0 Å². The molecule has 0 aromatic heterocycles. The molecule has 0 bridgehead atoms. The Morgan fingerprint density at radius 2 is 2.15 bits per heavy atom. The molecule has 2 heteroatoms. The Balaban J connectivity index is 1.79. The van der Waals surface area contributed by atoms with Crippen molar-refractivity contribution >= 4 is 11.8 Å². The quantitative estimate of drug-likeness (QED) is 0.684. The number of ether oxygens (including phenoxy) is 1. The van der Waals surface area contributed by atoms with Crippen molar-refractivity contribution in [3.8, 4) is 0 Å². The van der Waals surface area contributed by atoms with Crippen molar-refractivity contribution in [2.45, 2.75) is 23.8 Å². The average molecular weight is 194 g/mol. The average Bonchev–Trinajstić information content (AvgIpc) is 2.69. The number of hydrogen-bond acceptors (Lipinski definition) is 2. The van der Waals surface area contributed by atoms with Crippen molar-refractivity contribution in [3.63, 3.8) is 0 Å². The lowest BCUT2D eigenvalue weighted by atomic mass is 10.3. The molecule has 1 saturated heterocycles. The SMILES string of the molecule is c1ccc(SC[C@H]2CCCO2)cc1. The maximum atomic E-state index is 5.55. The molecule has 1 fully saturated rings. The number of benzene rings is 1.